The molecule has 2 aromatic rings. The van der Waals surface area contributed by atoms with Gasteiger partial charge >= 0.3 is 0 Å². The molecule has 0 saturated heterocycles. The molecule has 27 heavy (non-hydrogen) atoms. The van der Waals surface area contributed by atoms with Gasteiger partial charge in [0.1, 0.15) is 12.4 Å². The Labute approximate surface area is 153 Å². The van der Waals surface area contributed by atoms with Crippen LogP contribution in [0, 0.1) is 10.1 Å². The third kappa shape index (κ3) is 3.89. The lowest BCUT2D eigenvalue weighted by atomic mass is 10.2. The van der Waals surface area contributed by atoms with Crippen LogP contribution in [0.15, 0.2) is 41.5 Å². The van der Waals surface area contributed by atoms with E-state index in [0.29, 0.717) is 11.5 Å². The Bertz CT molecular complexity index is 913. The second kappa shape index (κ2) is 7.60. The molecule has 2 aromatic carbocycles. The van der Waals surface area contributed by atoms with Crippen LogP contribution in [0.25, 0.3) is 0 Å². The Morgan fingerprint density at radius 2 is 2.11 bits per heavy atom. The van der Waals surface area contributed by atoms with Crippen molar-refractivity contribution in [3.8, 4) is 23.0 Å². The number of nitro groups is 1. The fourth-order valence-corrected chi connectivity index (χ4v) is 2.36. The quantitative estimate of drug-likeness (QED) is 0.469. The van der Waals surface area contributed by atoms with Gasteiger partial charge in [-0.3, -0.25) is 14.9 Å². The molecule has 10 heteroatoms. The van der Waals surface area contributed by atoms with Crippen molar-refractivity contribution in [1.29, 1.82) is 0 Å². The summed E-state index contributed by atoms with van der Waals surface area (Å²) in [6.45, 7) is 0.0164. The molecule has 0 aliphatic carbocycles. The Kier molecular flexibility index (Phi) is 5.06. The van der Waals surface area contributed by atoms with E-state index >= 15 is 0 Å². The number of rotatable bonds is 5. The van der Waals surface area contributed by atoms with Crippen molar-refractivity contribution in [1.82, 2.24) is 5.43 Å². The van der Waals surface area contributed by atoms with Gasteiger partial charge < -0.3 is 19.3 Å². The third-order valence-electron chi connectivity index (χ3n) is 3.66. The van der Waals surface area contributed by atoms with Crippen LogP contribution in [0.3, 0.4) is 0 Å². The van der Waals surface area contributed by atoms with Gasteiger partial charge in [0.25, 0.3) is 11.6 Å². The first kappa shape index (κ1) is 18.0. The highest BCUT2D eigenvalue weighted by molar-refractivity contribution is 5.86. The molecule has 0 bridgehead atoms. The highest BCUT2D eigenvalue weighted by atomic mass is 16.6. The van der Waals surface area contributed by atoms with Crippen LogP contribution in [0.5, 0.6) is 23.0 Å². The summed E-state index contributed by atoms with van der Waals surface area (Å²) in [5, 5.41) is 26.4. The van der Waals surface area contributed by atoms with E-state index in [9.17, 15) is 20.0 Å². The predicted molar refractivity (Wildman–Crippen MR) is 91.2 cm³/mol. The van der Waals surface area contributed by atoms with Gasteiger partial charge in [0, 0.05) is 17.4 Å². The summed E-state index contributed by atoms with van der Waals surface area (Å²) in [6.07, 6.45) is 0.259. The largest absolute Gasteiger partial charge is 0.865 e. The summed E-state index contributed by atoms with van der Waals surface area (Å²) in [5.41, 5.74) is 1.83. The molecule has 0 saturated carbocycles. The molecule has 0 unspecified atom stereocenters. The minimum Gasteiger partial charge on any atom is -0.865 e. The maximum Gasteiger partial charge on any atom is 0.284 e. The molecule has 1 amide bonds. The normalized spacial score (nSPS) is 15.4. The zero-order valence-electron chi connectivity index (χ0n) is 14.1. The summed E-state index contributed by atoms with van der Waals surface area (Å²) < 4.78 is 15.8. The summed E-state index contributed by atoms with van der Waals surface area (Å²) in [7, 11) is 1.22. The zero-order chi connectivity index (χ0) is 19.4. The molecule has 0 aromatic heterocycles. The van der Waals surface area contributed by atoms with Crippen LogP contribution in [-0.4, -0.2) is 36.9 Å². The van der Waals surface area contributed by atoms with Crippen molar-refractivity contribution in [2.24, 2.45) is 5.10 Å². The Morgan fingerprint density at radius 1 is 1.37 bits per heavy atom. The molecule has 1 aliphatic heterocycles. The van der Waals surface area contributed by atoms with Crippen LogP contribution in [0.1, 0.15) is 5.56 Å². The minimum absolute atomic E-state index is 0.0164. The number of carbonyl (C=O) groups excluding carboxylic acids is 1. The standard InChI is InChI=1S/C17H15N3O7/c1-25-14-7-10(6-11(16(14)21)20(23)24)8-18-19-17(22)15-9-26-12-4-2-3-5-13(12)27-15/h2-8,15,21H,9H2,1H3,(H,19,22)/p-1/t15-/m0/s1. The SMILES string of the molecule is COc1cc(C=NNC(=O)[C@@H]2COc3ccccc3O2)cc([N+](=O)[O-])c1[O-]. The van der Waals surface area contributed by atoms with E-state index in [0.717, 1.165) is 12.3 Å². The molecule has 1 aliphatic rings. The molecule has 0 radical (unpaired) electrons. The number of nitrogens with one attached hydrogen (secondary N) is 1. The first-order valence-electron chi connectivity index (χ1n) is 7.74. The highest BCUT2D eigenvalue weighted by Crippen LogP contribution is 2.34. The Morgan fingerprint density at radius 3 is 2.81 bits per heavy atom. The van der Waals surface area contributed by atoms with Gasteiger partial charge in [0.05, 0.1) is 18.2 Å². The molecule has 1 atom stereocenters. The number of ether oxygens (including phenoxy) is 3. The lowest BCUT2D eigenvalue weighted by molar-refractivity contribution is -0.398. The Hall–Kier alpha value is -3.82. The maximum atomic E-state index is 12.1. The number of hydrogen-bond donors (Lipinski definition) is 1. The monoisotopic (exact) mass is 372 g/mol. The topological polar surface area (TPSA) is 135 Å². The number of carbonyl (C=O) groups is 1. The van der Waals surface area contributed by atoms with Gasteiger partial charge in [-0.1, -0.05) is 12.1 Å². The van der Waals surface area contributed by atoms with Gasteiger partial charge in [-0.2, -0.15) is 5.10 Å². The van der Waals surface area contributed by atoms with E-state index in [4.69, 9.17) is 14.2 Å². The van der Waals surface area contributed by atoms with Crippen molar-refractivity contribution in [2.45, 2.75) is 6.10 Å². The van der Waals surface area contributed by atoms with Crippen molar-refractivity contribution in [2.75, 3.05) is 13.7 Å². The second-order valence-corrected chi connectivity index (χ2v) is 5.43. The number of fused-ring (bicyclic) bond motifs is 1. The van der Waals surface area contributed by atoms with Gasteiger partial charge in [-0.15, -0.1) is 0 Å². The molecule has 0 fully saturated rings. The zero-order valence-corrected chi connectivity index (χ0v) is 14.1. The average molecular weight is 372 g/mol. The third-order valence-corrected chi connectivity index (χ3v) is 3.66. The molecule has 0 spiro atoms. The number of para-hydroxylation sites is 2. The van der Waals surface area contributed by atoms with Crippen LogP contribution in [0.4, 0.5) is 5.69 Å². The van der Waals surface area contributed by atoms with Crippen molar-refractivity contribution < 1.29 is 29.0 Å². The highest BCUT2D eigenvalue weighted by Gasteiger charge is 2.27. The summed E-state index contributed by atoms with van der Waals surface area (Å²) in [6, 6.07) is 9.25. The first-order chi connectivity index (χ1) is 13.0. The molecule has 1 heterocycles. The van der Waals surface area contributed by atoms with Gasteiger partial charge in [-0.05, 0) is 18.2 Å². The number of nitro benzene ring substituents is 1. The smallest absolute Gasteiger partial charge is 0.284 e. The predicted octanol–water partition coefficient (Wildman–Crippen LogP) is 0.967. The van der Waals surface area contributed by atoms with E-state index in [2.05, 4.69) is 10.5 Å². The summed E-state index contributed by atoms with van der Waals surface area (Å²) in [4.78, 5) is 22.3. The van der Waals surface area contributed by atoms with E-state index < -0.39 is 28.4 Å². The van der Waals surface area contributed by atoms with E-state index in [-0.39, 0.29) is 17.9 Å². The molecular formula is C17H14N3O7-. The second-order valence-electron chi connectivity index (χ2n) is 5.43. The van der Waals surface area contributed by atoms with Crippen LogP contribution in [-0.2, 0) is 4.79 Å². The van der Waals surface area contributed by atoms with E-state index in [1.54, 1.807) is 24.3 Å². The number of benzene rings is 2. The molecule has 10 nitrogen and oxygen atoms in total. The van der Waals surface area contributed by atoms with E-state index in [1.807, 2.05) is 0 Å². The van der Waals surface area contributed by atoms with Gasteiger partial charge in [-0.25, -0.2) is 5.43 Å². The molecule has 1 N–H and O–H groups in total. The lowest BCUT2D eigenvalue weighted by Gasteiger charge is -2.24. The lowest BCUT2D eigenvalue weighted by Crippen LogP contribution is -2.42. The summed E-state index contributed by atoms with van der Waals surface area (Å²) >= 11 is 0. The Balaban J connectivity index is 1.68. The van der Waals surface area contributed by atoms with E-state index in [1.165, 1.54) is 13.2 Å². The molecular weight excluding hydrogens is 358 g/mol. The van der Waals surface area contributed by atoms with Crippen LogP contribution >= 0.6 is 0 Å². The van der Waals surface area contributed by atoms with Crippen LogP contribution in [0.2, 0.25) is 0 Å². The molecule has 140 valence electrons. The maximum absolute atomic E-state index is 12.1. The van der Waals surface area contributed by atoms with Crippen LogP contribution < -0.4 is 24.7 Å². The minimum atomic E-state index is -0.898. The van der Waals surface area contributed by atoms with Crippen molar-refractivity contribution >= 4 is 17.8 Å². The first-order valence-corrected chi connectivity index (χ1v) is 7.74. The fourth-order valence-electron chi connectivity index (χ4n) is 2.36. The van der Waals surface area contributed by atoms with Gasteiger partial charge in [0.2, 0.25) is 6.10 Å². The average Bonchev–Trinajstić information content (AvgIpc) is 2.68. The van der Waals surface area contributed by atoms with Crippen molar-refractivity contribution in [3.63, 3.8) is 0 Å². The molecule has 3 rings (SSSR count). The number of nitrogens with zero attached hydrogens (tertiary/aromatic N) is 2. The van der Waals surface area contributed by atoms with Crippen molar-refractivity contribution in [3.05, 3.63) is 52.1 Å². The number of amides is 1. The number of methoxy groups -OCH3 is 1. The number of hydrazone groups is 1. The summed E-state index contributed by atoms with van der Waals surface area (Å²) in [5.74, 6) is -0.600. The fraction of sp³-hybridized carbons (Fsp3) is 0.176. The number of hydrogen-bond acceptors (Lipinski definition) is 8. The van der Waals surface area contributed by atoms with Gasteiger partial charge in [0.15, 0.2) is 11.5 Å².